The Morgan fingerprint density at radius 1 is 1.18 bits per heavy atom. The molecule has 0 fully saturated rings. The number of carbonyl (C=O) groups is 1. The van der Waals surface area contributed by atoms with Crippen LogP contribution in [0.2, 0.25) is 0 Å². The van der Waals surface area contributed by atoms with Gasteiger partial charge in [-0.15, -0.1) is 9.78 Å². The zero-order valence-corrected chi connectivity index (χ0v) is 24.8. The Morgan fingerprint density at radius 2 is 1.89 bits per heavy atom. The first-order valence-electron chi connectivity index (χ1n) is 13.7. The Hall–Kier alpha value is -5.11. The number of hydrogen-bond acceptors (Lipinski definition) is 10. The summed E-state index contributed by atoms with van der Waals surface area (Å²) in [4.78, 5) is 35.8. The lowest BCUT2D eigenvalue weighted by Crippen LogP contribution is -2.33. The third-order valence-electron chi connectivity index (χ3n) is 6.25. The fourth-order valence-electron chi connectivity index (χ4n) is 4.15. The maximum Gasteiger partial charge on any atom is 0.412 e. The monoisotopic (exact) mass is 607 g/mol. The molecule has 1 unspecified atom stereocenters. The van der Waals surface area contributed by atoms with E-state index in [0.29, 0.717) is 16.9 Å². The van der Waals surface area contributed by atoms with Gasteiger partial charge in [0.1, 0.15) is 24.0 Å². The summed E-state index contributed by atoms with van der Waals surface area (Å²) in [7, 11) is 1.42. The number of aromatic amines is 1. The van der Waals surface area contributed by atoms with E-state index < -0.39 is 23.5 Å². The van der Waals surface area contributed by atoms with Crippen LogP contribution in [0, 0.1) is 16.6 Å². The number of ether oxygens (including phenoxy) is 3. The maximum atomic E-state index is 15.9. The summed E-state index contributed by atoms with van der Waals surface area (Å²) in [5, 5.41) is 24.3. The number of amidine groups is 1. The van der Waals surface area contributed by atoms with Crippen LogP contribution in [0.1, 0.15) is 49.2 Å². The van der Waals surface area contributed by atoms with Crippen molar-refractivity contribution in [1.82, 2.24) is 30.0 Å². The van der Waals surface area contributed by atoms with E-state index in [2.05, 4.69) is 25.4 Å². The molecule has 1 atom stereocenters. The summed E-state index contributed by atoms with van der Waals surface area (Å²) < 4.78 is 32.9. The standard InChI is InChI=1S/C30H34FN7O6/c1-30(2,3)17-44-29(41)35-25(32)19-8-6-18(7-9-19)14-22(21-15-20(42-4)16-23(24(21)31)43-13-12-39)26-36-28(40)38(37-26)27-33-10-5-11-34-27/h5-11,15-16,22,39H,12-14,17H2,1-4H3,(H2,32,35,41)(H,36,37,40). The molecule has 14 heteroatoms. The SMILES string of the molecule is COc1cc(OCCO)c(F)c(C(Cc2ccc(C(=N)NC(=O)OCC(C)(C)C)cc2)c2nn(-c3ncccn3)c(=O)[nH]2)c1. The van der Waals surface area contributed by atoms with Gasteiger partial charge < -0.3 is 19.3 Å². The highest BCUT2D eigenvalue weighted by Crippen LogP contribution is 2.36. The highest BCUT2D eigenvalue weighted by Gasteiger charge is 2.27. The molecule has 0 bridgehead atoms. The molecule has 2 aromatic carbocycles. The van der Waals surface area contributed by atoms with Crippen molar-refractivity contribution in [3.05, 3.63) is 93.7 Å². The summed E-state index contributed by atoms with van der Waals surface area (Å²) in [5.41, 5.74) is 0.397. The molecule has 44 heavy (non-hydrogen) atoms. The number of nitrogens with one attached hydrogen (secondary N) is 3. The van der Waals surface area contributed by atoms with E-state index in [1.807, 2.05) is 20.8 Å². The molecular weight excluding hydrogens is 573 g/mol. The third-order valence-corrected chi connectivity index (χ3v) is 6.25. The Bertz CT molecular complexity index is 1650. The molecule has 1 amide bonds. The minimum Gasteiger partial charge on any atom is -0.497 e. The zero-order valence-electron chi connectivity index (χ0n) is 24.8. The summed E-state index contributed by atoms with van der Waals surface area (Å²) in [5.74, 6) is -1.40. The fourth-order valence-corrected chi connectivity index (χ4v) is 4.15. The topological polar surface area (TPSA) is 177 Å². The first kappa shape index (κ1) is 31.8. The first-order chi connectivity index (χ1) is 21.0. The van der Waals surface area contributed by atoms with Crippen LogP contribution in [0.4, 0.5) is 9.18 Å². The fraction of sp³-hybridized carbons (Fsp3) is 0.333. The number of rotatable bonds is 11. The molecule has 0 aliphatic carbocycles. The summed E-state index contributed by atoms with van der Waals surface area (Å²) in [6.45, 7) is 5.49. The van der Waals surface area contributed by atoms with Crippen LogP contribution in [0.3, 0.4) is 0 Å². The van der Waals surface area contributed by atoms with Gasteiger partial charge in [0.15, 0.2) is 11.6 Å². The number of hydrogen-bond donors (Lipinski definition) is 4. The molecule has 2 heterocycles. The molecule has 0 saturated carbocycles. The van der Waals surface area contributed by atoms with Crippen LogP contribution in [0.25, 0.3) is 5.95 Å². The Labute approximate surface area is 252 Å². The number of amides is 1. The molecule has 0 aliphatic rings. The minimum atomic E-state index is -0.852. The van der Waals surface area contributed by atoms with E-state index in [1.165, 1.54) is 31.6 Å². The van der Waals surface area contributed by atoms with Crippen molar-refractivity contribution in [1.29, 1.82) is 5.41 Å². The lowest BCUT2D eigenvalue weighted by Gasteiger charge is -2.19. The predicted molar refractivity (Wildman–Crippen MR) is 158 cm³/mol. The molecule has 4 aromatic rings. The van der Waals surface area contributed by atoms with Crippen molar-refractivity contribution >= 4 is 11.9 Å². The first-order valence-corrected chi connectivity index (χ1v) is 13.7. The quantitative estimate of drug-likeness (QED) is 0.147. The van der Waals surface area contributed by atoms with Gasteiger partial charge in [0.25, 0.3) is 5.95 Å². The average Bonchev–Trinajstić information content (AvgIpc) is 3.40. The summed E-state index contributed by atoms with van der Waals surface area (Å²) >= 11 is 0. The summed E-state index contributed by atoms with van der Waals surface area (Å²) in [6, 6.07) is 11.2. The molecule has 0 radical (unpaired) electrons. The van der Waals surface area contributed by atoms with Crippen LogP contribution in [0.15, 0.2) is 59.7 Å². The van der Waals surface area contributed by atoms with Crippen molar-refractivity contribution in [3.63, 3.8) is 0 Å². The lowest BCUT2D eigenvalue weighted by molar-refractivity contribution is 0.110. The van der Waals surface area contributed by atoms with Gasteiger partial charge in [-0.3, -0.25) is 15.7 Å². The van der Waals surface area contributed by atoms with Gasteiger partial charge >= 0.3 is 11.8 Å². The zero-order chi connectivity index (χ0) is 31.9. The molecule has 4 N–H and O–H groups in total. The number of carbonyl (C=O) groups excluding carboxylic acids is 1. The second kappa shape index (κ2) is 13.9. The predicted octanol–water partition coefficient (Wildman–Crippen LogP) is 3.34. The number of H-pyrrole nitrogens is 1. The van der Waals surface area contributed by atoms with Gasteiger partial charge in [-0.25, -0.2) is 23.9 Å². The third kappa shape index (κ3) is 8.04. The average molecular weight is 608 g/mol. The van der Waals surface area contributed by atoms with Crippen LogP contribution < -0.4 is 20.5 Å². The summed E-state index contributed by atoms with van der Waals surface area (Å²) in [6.07, 6.45) is 2.35. The van der Waals surface area contributed by atoms with Gasteiger partial charge in [0.05, 0.1) is 26.2 Å². The smallest absolute Gasteiger partial charge is 0.412 e. The molecule has 232 valence electrons. The second-order valence-electron chi connectivity index (χ2n) is 11.0. The number of aliphatic hydroxyl groups is 1. The number of halogens is 1. The molecule has 2 aromatic heterocycles. The van der Waals surface area contributed by atoms with Gasteiger partial charge in [0, 0.05) is 29.6 Å². The van der Waals surface area contributed by atoms with E-state index in [9.17, 15) is 14.7 Å². The second-order valence-corrected chi connectivity index (χ2v) is 11.0. The van der Waals surface area contributed by atoms with Crippen LogP contribution in [-0.2, 0) is 11.2 Å². The van der Waals surface area contributed by atoms with Crippen molar-refractivity contribution in [3.8, 4) is 17.4 Å². The normalized spacial score (nSPS) is 12.0. The Morgan fingerprint density at radius 3 is 2.52 bits per heavy atom. The number of nitrogens with zero attached hydrogens (tertiary/aromatic N) is 4. The van der Waals surface area contributed by atoms with Crippen molar-refractivity contribution in [2.45, 2.75) is 33.1 Å². The number of aromatic nitrogens is 5. The highest BCUT2D eigenvalue weighted by molar-refractivity contribution is 6.04. The van der Waals surface area contributed by atoms with Crippen LogP contribution >= 0.6 is 0 Å². The largest absolute Gasteiger partial charge is 0.497 e. The number of methoxy groups -OCH3 is 1. The van der Waals surface area contributed by atoms with Crippen LogP contribution in [0.5, 0.6) is 11.5 Å². The van der Waals surface area contributed by atoms with Crippen molar-refractivity contribution < 1.29 is 28.5 Å². The van der Waals surface area contributed by atoms with E-state index in [0.717, 1.165) is 4.68 Å². The number of alkyl carbamates (subject to hydrolysis) is 1. The molecule has 13 nitrogen and oxygen atoms in total. The van der Waals surface area contributed by atoms with E-state index in [-0.39, 0.29) is 60.6 Å². The lowest BCUT2D eigenvalue weighted by atomic mass is 9.90. The van der Waals surface area contributed by atoms with E-state index in [1.54, 1.807) is 30.3 Å². The van der Waals surface area contributed by atoms with E-state index >= 15 is 4.39 Å². The van der Waals surface area contributed by atoms with Gasteiger partial charge in [0.2, 0.25) is 0 Å². The minimum absolute atomic E-state index is 0.0354. The maximum absolute atomic E-state index is 15.9. The molecular formula is C30H34FN7O6. The van der Waals surface area contributed by atoms with Crippen LogP contribution in [-0.4, -0.2) is 68.7 Å². The number of benzene rings is 2. The number of aliphatic hydroxyl groups excluding tert-OH is 1. The Kier molecular flexibility index (Phi) is 10.1. The van der Waals surface area contributed by atoms with Gasteiger partial charge in [-0.05, 0) is 29.5 Å². The van der Waals surface area contributed by atoms with Gasteiger partial charge in [-0.1, -0.05) is 45.0 Å². The van der Waals surface area contributed by atoms with Crippen molar-refractivity contribution in [2.24, 2.45) is 5.41 Å². The van der Waals surface area contributed by atoms with Crippen molar-refractivity contribution in [2.75, 3.05) is 26.9 Å². The van der Waals surface area contributed by atoms with E-state index in [4.69, 9.17) is 19.6 Å². The van der Waals surface area contributed by atoms with Gasteiger partial charge in [-0.2, -0.15) is 0 Å². The molecule has 0 aliphatic heterocycles. The molecule has 0 spiro atoms. The highest BCUT2D eigenvalue weighted by atomic mass is 19.1. The molecule has 4 rings (SSSR count). The Balaban J connectivity index is 1.67. The molecule has 0 saturated heterocycles.